The second-order valence-electron chi connectivity index (χ2n) is 2.05. The smallest absolute Gasteiger partial charge is 0.185 e. The summed E-state index contributed by atoms with van der Waals surface area (Å²) in [4.78, 5) is 0. The van der Waals surface area contributed by atoms with Gasteiger partial charge >= 0.3 is 0 Å². The van der Waals surface area contributed by atoms with Crippen molar-refractivity contribution in [3.63, 3.8) is 0 Å². The minimum Gasteiger partial charge on any atom is -0.370 e. The lowest BCUT2D eigenvalue weighted by Gasteiger charge is -2.00. The molecular weight excluding hydrogens is 241 g/mol. The largest absolute Gasteiger partial charge is 0.370 e. The van der Waals surface area contributed by atoms with Crippen molar-refractivity contribution in [2.24, 2.45) is 5.73 Å². The molecule has 0 aliphatic heterocycles. The zero-order chi connectivity index (χ0) is 7.11. The van der Waals surface area contributed by atoms with E-state index in [0.29, 0.717) is 0 Å². The molecule has 4 heteroatoms. The molecule has 0 fully saturated rings. The maximum Gasteiger partial charge on any atom is 0.185 e. The molecule has 0 amide bonds. The summed E-state index contributed by atoms with van der Waals surface area (Å²) in [6.07, 6.45) is 3.52. The van der Waals surface area contributed by atoms with E-state index in [4.69, 9.17) is 11.1 Å². The first-order chi connectivity index (χ1) is 4.27. The van der Waals surface area contributed by atoms with Crippen LogP contribution in [0.4, 0.5) is 0 Å². The van der Waals surface area contributed by atoms with Gasteiger partial charge in [0.2, 0.25) is 0 Å². The Morgan fingerprint density at radius 2 is 2.10 bits per heavy atom. The van der Waals surface area contributed by atoms with Crippen LogP contribution in [0.1, 0.15) is 26.2 Å². The number of halogens is 1. The topological polar surface area (TPSA) is 61.9 Å². The van der Waals surface area contributed by atoms with Crippen molar-refractivity contribution in [1.82, 2.24) is 5.32 Å². The minimum atomic E-state index is 0. The third kappa shape index (κ3) is 10.9. The molecule has 0 rings (SSSR count). The summed E-state index contributed by atoms with van der Waals surface area (Å²) in [5, 5.41) is 9.54. The normalized spacial score (nSPS) is 8.10. The molecule has 0 aromatic heterocycles. The molecule has 0 saturated carbocycles. The molecule has 4 N–H and O–H groups in total. The molecule has 0 spiro atoms. The Balaban J connectivity index is 0. The number of hydrogen-bond acceptors (Lipinski definition) is 1. The number of nitrogens with one attached hydrogen (secondary N) is 2. The molecule has 3 nitrogen and oxygen atoms in total. The third-order valence-electron chi connectivity index (χ3n) is 1.10. The van der Waals surface area contributed by atoms with Crippen molar-refractivity contribution >= 4 is 29.9 Å². The Labute approximate surface area is 79.3 Å². The van der Waals surface area contributed by atoms with E-state index in [1.54, 1.807) is 0 Å². The highest BCUT2D eigenvalue weighted by Crippen LogP contribution is 1.89. The van der Waals surface area contributed by atoms with Crippen LogP contribution >= 0.6 is 24.0 Å². The standard InChI is InChI=1S/C6H15N3.HI/c1-2-3-4-5-9-6(7)8;/h2-5H2,1H3,(H4,7,8,9);1H. The van der Waals surface area contributed by atoms with E-state index in [0.717, 1.165) is 13.0 Å². The van der Waals surface area contributed by atoms with Gasteiger partial charge in [-0.1, -0.05) is 19.8 Å². The van der Waals surface area contributed by atoms with Crippen LogP contribution in [0, 0.1) is 5.41 Å². The van der Waals surface area contributed by atoms with Gasteiger partial charge < -0.3 is 11.1 Å². The molecule has 0 saturated heterocycles. The molecule has 0 radical (unpaired) electrons. The molecule has 0 aliphatic rings. The summed E-state index contributed by atoms with van der Waals surface area (Å²) in [7, 11) is 0. The monoisotopic (exact) mass is 257 g/mol. The van der Waals surface area contributed by atoms with Crippen molar-refractivity contribution in [2.45, 2.75) is 26.2 Å². The van der Waals surface area contributed by atoms with Crippen LogP contribution in [0.2, 0.25) is 0 Å². The van der Waals surface area contributed by atoms with E-state index in [9.17, 15) is 0 Å². The fourth-order valence-corrected chi connectivity index (χ4v) is 0.598. The highest BCUT2D eigenvalue weighted by molar-refractivity contribution is 14.0. The van der Waals surface area contributed by atoms with Crippen molar-refractivity contribution in [1.29, 1.82) is 5.41 Å². The lowest BCUT2D eigenvalue weighted by Crippen LogP contribution is -2.30. The van der Waals surface area contributed by atoms with Crippen molar-refractivity contribution in [2.75, 3.05) is 6.54 Å². The van der Waals surface area contributed by atoms with Gasteiger partial charge in [0.05, 0.1) is 0 Å². The SMILES string of the molecule is CCCCCNC(=N)N.I. The third-order valence-corrected chi connectivity index (χ3v) is 1.10. The minimum absolute atomic E-state index is 0. The number of guanidine groups is 1. The van der Waals surface area contributed by atoms with Gasteiger partial charge in [0.25, 0.3) is 0 Å². The van der Waals surface area contributed by atoms with Gasteiger partial charge in [-0.15, -0.1) is 24.0 Å². The van der Waals surface area contributed by atoms with Crippen LogP contribution in [0.5, 0.6) is 0 Å². The predicted molar refractivity (Wildman–Crippen MR) is 54.9 cm³/mol. The number of rotatable bonds is 4. The van der Waals surface area contributed by atoms with E-state index in [-0.39, 0.29) is 29.9 Å². The predicted octanol–water partition coefficient (Wildman–Crippen LogP) is 1.28. The van der Waals surface area contributed by atoms with Crippen LogP contribution < -0.4 is 11.1 Å². The molecule has 0 atom stereocenters. The maximum absolute atomic E-state index is 6.80. The highest BCUT2D eigenvalue weighted by atomic mass is 127. The van der Waals surface area contributed by atoms with E-state index in [1.807, 2.05) is 0 Å². The summed E-state index contributed by atoms with van der Waals surface area (Å²) < 4.78 is 0. The Kier molecular flexibility index (Phi) is 11.4. The maximum atomic E-state index is 6.80. The summed E-state index contributed by atoms with van der Waals surface area (Å²) in [5.41, 5.74) is 5.05. The van der Waals surface area contributed by atoms with E-state index < -0.39 is 0 Å². The fourth-order valence-electron chi connectivity index (χ4n) is 0.598. The Morgan fingerprint density at radius 1 is 1.50 bits per heavy atom. The lowest BCUT2D eigenvalue weighted by atomic mass is 10.2. The van der Waals surface area contributed by atoms with E-state index in [1.165, 1.54) is 12.8 Å². The van der Waals surface area contributed by atoms with Crippen molar-refractivity contribution in [3.8, 4) is 0 Å². The van der Waals surface area contributed by atoms with Crippen LogP contribution in [-0.4, -0.2) is 12.5 Å². The molecule has 0 heterocycles. The zero-order valence-corrected chi connectivity index (χ0v) is 8.64. The molecule has 0 aliphatic carbocycles. The summed E-state index contributed by atoms with van der Waals surface area (Å²) in [6, 6.07) is 0. The van der Waals surface area contributed by atoms with Crippen molar-refractivity contribution < 1.29 is 0 Å². The first-order valence-electron chi connectivity index (χ1n) is 3.35. The summed E-state index contributed by atoms with van der Waals surface area (Å²) in [5.74, 6) is 0.0751. The number of hydrogen-bond donors (Lipinski definition) is 3. The molecule has 0 bridgehead atoms. The average Bonchev–Trinajstić information content (AvgIpc) is 1.80. The molecule has 0 aromatic carbocycles. The van der Waals surface area contributed by atoms with Gasteiger partial charge in [-0.25, -0.2) is 0 Å². The second kappa shape index (κ2) is 9.00. The van der Waals surface area contributed by atoms with Crippen LogP contribution in [-0.2, 0) is 0 Å². The Hall–Kier alpha value is 0. The lowest BCUT2D eigenvalue weighted by molar-refractivity contribution is 0.692. The number of unbranched alkanes of at least 4 members (excludes halogenated alkanes) is 2. The zero-order valence-electron chi connectivity index (χ0n) is 6.31. The Morgan fingerprint density at radius 3 is 2.50 bits per heavy atom. The molecule has 0 aromatic rings. The molecule has 62 valence electrons. The second-order valence-corrected chi connectivity index (χ2v) is 2.05. The number of nitrogens with two attached hydrogens (primary N) is 1. The quantitative estimate of drug-likeness (QED) is 0.307. The van der Waals surface area contributed by atoms with Gasteiger partial charge in [0.1, 0.15) is 0 Å². The van der Waals surface area contributed by atoms with E-state index >= 15 is 0 Å². The Bertz CT molecular complexity index is 85.1. The van der Waals surface area contributed by atoms with Crippen molar-refractivity contribution in [3.05, 3.63) is 0 Å². The van der Waals surface area contributed by atoms with Crippen LogP contribution in [0.15, 0.2) is 0 Å². The fraction of sp³-hybridized carbons (Fsp3) is 0.833. The first-order valence-corrected chi connectivity index (χ1v) is 3.35. The molecule has 0 unspecified atom stereocenters. The van der Waals surface area contributed by atoms with Gasteiger partial charge in [0, 0.05) is 6.54 Å². The van der Waals surface area contributed by atoms with Crippen LogP contribution in [0.3, 0.4) is 0 Å². The van der Waals surface area contributed by atoms with Gasteiger partial charge in [-0.3, -0.25) is 5.41 Å². The highest BCUT2D eigenvalue weighted by Gasteiger charge is 1.85. The van der Waals surface area contributed by atoms with Gasteiger partial charge in [0.15, 0.2) is 5.96 Å². The average molecular weight is 257 g/mol. The van der Waals surface area contributed by atoms with Gasteiger partial charge in [-0.05, 0) is 6.42 Å². The molecule has 10 heavy (non-hydrogen) atoms. The summed E-state index contributed by atoms with van der Waals surface area (Å²) in [6.45, 7) is 2.98. The summed E-state index contributed by atoms with van der Waals surface area (Å²) >= 11 is 0. The first kappa shape index (κ1) is 12.7. The molecular formula is C6H16IN3. The van der Waals surface area contributed by atoms with Gasteiger partial charge in [-0.2, -0.15) is 0 Å². The van der Waals surface area contributed by atoms with E-state index in [2.05, 4.69) is 12.2 Å². The van der Waals surface area contributed by atoms with Crippen LogP contribution in [0.25, 0.3) is 0 Å².